The van der Waals surface area contributed by atoms with Crippen LogP contribution in [0.25, 0.3) is 0 Å². The van der Waals surface area contributed by atoms with Crippen molar-refractivity contribution in [1.29, 1.82) is 0 Å². The van der Waals surface area contributed by atoms with Crippen molar-refractivity contribution in [3.05, 3.63) is 39.0 Å². The molecule has 0 aliphatic carbocycles. The first-order valence-electron chi connectivity index (χ1n) is 9.98. The molecule has 0 bridgehead atoms. The van der Waals surface area contributed by atoms with Gasteiger partial charge in [-0.15, -0.1) is 11.3 Å². The summed E-state index contributed by atoms with van der Waals surface area (Å²) in [6.07, 6.45) is 0. The fourth-order valence-corrected chi connectivity index (χ4v) is 6.83. The lowest BCUT2D eigenvalue weighted by Gasteiger charge is -2.36. The van der Waals surface area contributed by atoms with Crippen LogP contribution in [0.1, 0.15) is 46.0 Å². The molecule has 1 N–H and O–H groups in total. The number of aryl methyl sites for hydroxylation is 1. The number of Topliss-reactive ketones (excluding diaryl/α,β-unsaturated/α-hetero) is 1. The van der Waals surface area contributed by atoms with Gasteiger partial charge in [-0.2, -0.15) is 4.31 Å². The highest BCUT2D eigenvalue weighted by molar-refractivity contribution is 7.91. The van der Waals surface area contributed by atoms with Crippen LogP contribution in [0.15, 0.2) is 16.3 Å². The van der Waals surface area contributed by atoms with E-state index in [4.69, 9.17) is 16.3 Å². The molecule has 1 aliphatic heterocycles. The molecule has 1 fully saturated rings. The van der Waals surface area contributed by atoms with Crippen molar-refractivity contribution >= 4 is 44.7 Å². The van der Waals surface area contributed by atoms with Crippen molar-refractivity contribution in [3.63, 3.8) is 0 Å². The number of nitrogens with one attached hydrogen (secondary N) is 1. The molecule has 2 aromatic rings. The van der Waals surface area contributed by atoms with Gasteiger partial charge in [0.1, 0.15) is 4.21 Å². The van der Waals surface area contributed by atoms with Crippen molar-refractivity contribution < 1.29 is 22.7 Å². The first kappa shape index (κ1) is 23.9. The highest BCUT2D eigenvalue weighted by Gasteiger charge is 2.34. The van der Waals surface area contributed by atoms with Crippen LogP contribution in [0.4, 0.5) is 0 Å². The average Bonchev–Trinajstić information content (AvgIpc) is 3.30. The monoisotopic (exact) mass is 487 g/mol. The molecule has 2 aromatic heterocycles. The lowest BCUT2D eigenvalue weighted by atomic mass is 10.0. The number of hydrogen-bond acceptors (Lipinski definition) is 7. The van der Waals surface area contributed by atoms with Crippen LogP contribution in [-0.4, -0.2) is 73.2 Å². The minimum atomic E-state index is -3.59. The number of carbonyl (C=O) groups is 2. The Labute approximate surface area is 191 Å². The van der Waals surface area contributed by atoms with Crippen molar-refractivity contribution in [3.8, 4) is 0 Å². The molecule has 3 rings (SSSR count). The summed E-state index contributed by atoms with van der Waals surface area (Å²) < 4.78 is 32.7. The van der Waals surface area contributed by atoms with Crippen LogP contribution in [0.2, 0.25) is 4.34 Å². The average molecular weight is 488 g/mol. The van der Waals surface area contributed by atoms with Crippen LogP contribution < -0.4 is 0 Å². The van der Waals surface area contributed by atoms with Gasteiger partial charge in [0.25, 0.3) is 10.0 Å². The Kier molecular flexibility index (Phi) is 7.27. The summed E-state index contributed by atoms with van der Waals surface area (Å²) in [5.41, 5.74) is 1.94. The number of rotatable bonds is 7. The number of hydrogen-bond donors (Lipinski definition) is 1. The van der Waals surface area contributed by atoms with Gasteiger partial charge in [-0.05, 0) is 45.4 Å². The number of ether oxygens (including phenoxy) is 1. The highest BCUT2D eigenvalue weighted by Crippen LogP contribution is 2.29. The first-order chi connectivity index (χ1) is 14.6. The predicted octanol–water partition coefficient (Wildman–Crippen LogP) is 3.10. The SMILES string of the molecule is CCOC(=O)c1c(C)[nH]c(C(=O)[C@@H](C)N2CCN(S(=O)(=O)c3ccc(Cl)s3)CC2)c1C. The van der Waals surface area contributed by atoms with Gasteiger partial charge >= 0.3 is 5.97 Å². The van der Waals surface area contributed by atoms with Gasteiger partial charge in [-0.3, -0.25) is 9.69 Å². The van der Waals surface area contributed by atoms with E-state index in [-0.39, 0.29) is 29.7 Å². The van der Waals surface area contributed by atoms with E-state index in [2.05, 4.69) is 4.98 Å². The number of halogens is 1. The van der Waals surface area contributed by atoms with E-state index in [9.17, 15) is 18.0 Å². The second kappa shape index (κ2) is 9.41. The number of sulfonamides is 1. The number of aromatic amines is 1. The Bertz CT molecular complexity index is 1080. The summed E-state index contributed by atoms with van der Waals surface area (Å²) in [5, 5.41) is 0. The lowest BCUT2D eigenvalue weighted by molar-refractivity contribution is 0.0525. The highest BCUT2D eigenvalue weighted by atomic mass is 35.5. The molecule has 0 aromatic carbocycles. The second-order valence-corrected chi connectivity index (χ2v) is 11.3. The summed E-state index contributed by atoms with van der Waals surface area (Å²) in [4.78, 5) is 30.3. The van der Waals surface area contributed by atoms with E-state index in [1.54, 1.807) is 33.8 Å². The number of H-pyrrole nitrogens is 1. The summed E-state index contributed by atoms with van der Waals surface area (Å²) in [6.45, 7) is 8.67. The Hall–Kier alpha value is -1.72. The zero-order valence-electron chi connectivity index (χ0n) is 17.9. The van der Waals surface area contributed by atoms with Gasteiger partial charge in [0.15, 0.2) is 5.78 Å². The summed E-state index contributed by atoms with van der Waals surface area (Å²) in [6, 6.07) is 2.62. The number of esters is 1. The third-order valence-corrected chi connectivity index (χ3v) is 9.10. The molecule has 31 heavy (non-hydrogen) atoms. The molecular weight excluding hydrogens is 462 g/mol. The van der Waals surface area contributed by atoms with Gasteiger partial charge in [0.05, 0.1) is 28.2 Å². The number of aromatic nitrogens is 1. The standard InChI is InChI=1S/C20H26ClN3O5S2/c1-5-29-20(26)17-12(2)18(22-13(17)3)19(25)14(4)23-8-10-24(11-9-23)31(27,28)16-7-6-15(21)30-16/h6-7,14,22H,5,8-11H2,1-4H3/t14-/m1/s1. The van der Waals surface area contributed by atoms with E-state index in [1.165, 1.54) is 10.4 Å². The number of nitrogens with zero attached hydrogens (tertiary/aromatic N) is 2. The van der Waals surface area contributed by atoms with Crippen molar-refractivity contribution in [2.24, 2.45) is 0 Å². The number of ketones is 1. The zero-order valence-corrected chi connectivity index (χ0v) is 20.3. The summed E-state index contributed by atoms with van der Waals surface area (Å²) in [5.74, 6) is -0.592. The van der Waals surface area contributed by atoms with Crippen LogP contribution in [0.3, 0.4) is 0 Å². The van der Waals surface area contributed by atoms with Gasteiger partial charge in [0.2, 0.25) is 0 Å². The van der Waals surface area contributed by atoms with Crippen LogP contribution in [-0.2, 0) is 14.8 Å². The lowest BCUT2D eigenvalue weighted by Crippen LogP contribution is -2.53. The smallest absolute Gasteiger partial charge is 0.340 e. The Morgan fingerprint density at radius 2 is 1.87 bits per heavy atom. The fourth-order valence-electron chi connectivity index (χ4n) is 3.78. The third kappa shape index (κ3) is 4.73. The molecule has 0 radical (unpaired) electrons. The topological polar surface area (TPSA) is 99.8 Å². The summed E-state index contributed by atoms with van der Waals surface area (Å²) >= 11 is 6.92. The minimum Gasteiger partial charge on any atom is -0.462 e. The first-order valence-corrected chi connectivity index (χ1v) is 12.6. The third-order valence-electron chi connectivity index (χ3n) is 5.51. The van der Waals surface area contributed by atoms with E-state index < -0.39 is 22.0 Å². The Morgan fingerprint density at radius 1 is 1.23 bits per heavy atom. The fraction of sp³-hybridized carbons (Fsp3) is 0.500. The van der Waals surface area contributed by atoms with Crippen molar-refractivity contribution in [2.45, 2.75) is 37.9 Å². The Morgan fingerprint density at radius 3 is 2.42 bits per heavy atom. The van der Waals surface area contributed by atoms with Gasteiger partial charge in [-0.25, -0.2) is 13.2 Å². The molecule has 170 valence electrons. The maximum absolute atomic E-state index is 13.1. The van der Waals surface area contributed by atoms with E-state index in [0.717, 1.165) is 11.3 Å². The maximum Gasteiger partial charge on any atom is 0.340 e. The van der Waals surface area contributed by atoms with E-state index in [1.807, 2.05) is 4.90 Å². The number of thiophene rings is 1. The Balaban J connectivity index is 1.70. The largest absolute Gasteiger partial charge is 0.462 e. The molecule has 3 heterocycles. The van der Waals surface area contributed by atoms with Gasteiger partial charge < -0.3 is 9.72 Å². The quantitative estimate of drug-likeness (QED) is 0.476. The molecule has 1 saturated heterocycles. The van der Waals surface area contributed by atoms with Crippen LogP contribution >= 0.6 is 22.9 Å². The molecule has 1 aliphatic rings. The predicted molar refractivity (Wildman–Crippen MR) is 120 cm³/mol. The molecule has 11 heteroatoms. The molecule has 0 unspecified atom stereocenters. The maximum atomic E-state index is 13.1. The molecule has 0 spiro atoms. The number of carbonyl (C=O) groups excluding carboxylic acids is 2. The van der Waals surface area contributed by atoms with Crippen molar-refractivity contribution in [1.82, 2.24) is 14.2 Å². The van der Waals surface area contributed by atoms with Crippen LogP contribution in [0.5, 0.6) is 0 Å². The molecular formula is C20H26ClN3O5S2. The number of piperazine rings is 1. The van der Waals surface area contributed by atoms with E-state index >= 15 is 0 Å². The van der Waals surface area contributed by atoms with E-state index in [0.29, 0.717) is 39.9 Å². The van der Waals surface area contributed by atoms with Gasteiger partial charge in [0, 0.05) is 31.9 Å². The normalized spacial score (nSPS) is 16.9. The van der Waals surface area contributed by atoms with Crippen molar-refractivity contribution in [2.75, 3.05) is 32.8 Å². The molecule has 0 amide bonds. The summed E-state index contributed by atoms with van der Waals surface area (Å²) in [7, 11) is -3.59. The van der Waals surface area contributed by atoms with Crippen LogP contribution in [0, 0.1) is 13.8 Å². The van der Waals surface area contributed by atoms with Gasteiger partial charge in [-0.1, -0.05) is 11.6 Å². The molecule has 8 nitrogen and oxygen atoms in total. The zero-order chi connectivity index (χ0) is 22.9. The molecule has 1 atom stereocenters. The minimum absolute atomic E-state index is 0.141. The molecule has 0 saturated carbocycles. The second-order valence-electron chi connectivity index (χ2n) is 7.38.